The van der Waals surface area contributed by atoms with Crippen LogP contribution in [-0.2, 0) is 16.1 Å². The van der Waals surface area contributed by atoms with Crippen LogP contribution in [0.2, 0.25) is 0 Å². The molecule has 0 unspecified atom stereocenters. The Hall–Kier alpha value is -2.92. The van der Waals surface area contributed by atoms with Crippen LogP contribution in [-0.4, -0.2) is 51.9 Å². The summed E-state index contributed by atoms with van der Waals surface area (Å²) in [6.07, 6.45) is 2.25. The molecule has 1 N–H and O–H groups in total. The van der Waals surface area contributed by atoms with Crippen molar-refractivity contribution in [3.05, 3.63) is 40.2 Å². The molecule has 0 bridgehead atoms. The topological polar surface area (TPSA) is 106 Å². The standard InChI is InChI=1S/C22H25N5O4S2/c1-3-27-19(29)17-18(24-21(33-17)26-11-7-8-12-26)25-22(27)32-13-16(28)23-15-10-6-5-9-14(15)20(30)31-4-2/h5-6,9-10H,3-4,7-8,11-13H2,1-2H3,(H,23,28). The van der Waals surface area contributed by atoms with E-state index in [-0.39, 0.29) is 23.8 Å². The second-order valence-electron chi connectivity index (χ2n) is 7.39. The molecule has 0 aliphatic carbocycles. The van der Waals surface area contributed by atoms with E-state index >= 15 is 0 Å². The van der Waals surface area contributed by atoms with Crippen LogP contribution in [0.15, 0.2) is 34.2 Å². The number of thioether (sulfide) groups is 1. The Bertz CT molecular complexity index is 1230. The maximum atomic E-state index is 13.0. The normalized spacial score (nSPS) is 13.5. The predicted octanol–water partition coefficient (Wildman–Crippen LogP) is 3.38. The first-order valence-electron chi connectivity index (χ1n) is 10.9. The monoisotopic (exact) mass is 487 g/mol. The van der Waals surface area contributed by atoms with Crippen LogP contribution < -0.4 is 15.8 Å². The SMILES string of the molecule is CCOC(=O)c1ccccc1NC(=O)CSc1nc2nc(N3CCCC3)sc2c(=O)n1CC. The third kappa shape index (κ3) is 5.03. The lowest BCUT2D eigenvalue weighted by molar-refractivity contribution is -0.113. The summed E-state index contributed by atoms with van der Waals surface area (Å²) < 4.78 is 7.16. The van der Waals surface area contributed by atoms with E-state index in [1.807, 2.05) is 6.92 Å². The highest BCUT2D eigenvalue weighted by molar-refractivity contribution is 7.99. The Labute approximate surface area is 199 Å². The minimum absolute atomic E-state index is 0.0260. The molecule has 1 fully saturated rings. The number of carbonyl (C=O) groups excluding carboxylic acids is 2. The molecule has 0 radical (unpaired) electrons. The molecule has 3 aromatic rings. The fraction of sp³-hybridized carbons (Fsp3) is 0.409. The zero-order valence-corrected chi connectivity index (χ0v) is 20.1. The molecular weight excluding hydrogens is 462 g/mol. The van der Waals surface area contributed by atoms with E-state index in [2.05, 4.69) is 20.2 Å². The fourth-order valence-electron chi connectivity index (χ4n) is 3.60. The number of esters is 1. The quantitative estimate of drug-likeness (QED) is 0.293. The van der Waals surface area contributed by atoms with E-state index in [4.69, 9.17) is 4.74 Å². The van der Waals surface area contributed by atoms with Gasteiger partial charge in [-0.1, -0.05) is 35.2 Å². The van der Waals surface area contributed by atoms with E-state index in [0.29, 0.717) is 33.3 Å². The summed E-state index contributed by atoms with van der Waals surface area (Å²) in [4.78, 5) is 49.2. The van der Waals surface area contributed by atoms with Gasteiger partial charge in [0.25, 0.3) is 5.56 Å². The van der Waals surface area contributed by atoms with Crippen molar-refractivity contribution in [2.75, 3.05) is 35.7 Å². The predicted molar refractivity (Wildman–Crippen MR) is 131 cm³/mol. The van der Waals surface area contributed by atoms with Gasteiger partial charge in [0.15, 0.2) is 15.9 Å². The molecule has 3 heterocycles. The van der Waals surface area contributed by atoms with Crippen molar-refractivity contribution in [3.8, 4) is 0 Å². The number of para-hydroxylation sites is 1. The fourth-order valence-corrected chi connectivity index (χ4v) is 5.46. The summed E-state index contributed by atoms with van der Waals surface area (Å²) in [5.74, 6) is -0.784. The highest BCUT2D eigenvalue weighted by Crippen LogP contribution is 2.29. The average Bonchev–Trinajstić information content (AvgIpc) is 3.48. The van der Waals surface area contributed by atoms with Gasteiger partial charge in [0, 0.05) is 19.6 Å². The minimum atomic E-state index is -0.495. The van der Waals surface area contributed by atoms with Crippen molar-refractivity contribution in [1.82, 2.24) is 14.5 Å². The molecule has 174 valence electrons. The van der Waals surface area contributed by atoms with Gasteiger partial charge in [-0.25, -0.2) is 9.78 Å². The van der Waals surface area contributed by atoms with Crippen molar-refractivity contribution in [2.45, 2.75) is 38.4 Å². The summed E-state index contributed by atoms with van der Waals surface area (Å²) in [6.45, 7) is 6.16. The number of nitrogens with zero attached hydrogens (tertiary/aromatic N) is 4. The van der Waals surface area contributed by atoms with Gasteiger partial charge >= 0.3 is 5.97 Å². The van der Waals surface area contributed by atoms with Crippen molar-refractivity contribution in [3.63, 3.8) is 0 Å². The molecule has 33 heavy (non-hydrogen) atoms. The summed E-state index contributed by atoms with van der Waals surface area (Å²) in [5.41, 5.74) is 0.959. The Morgan fingerprint density at radius 3 is 2.67 bits per heavy atom. The summed E-state index contributed by atoms with van der Waals surface area (Å²) in [6, 6.07) is 6.69. The maximum Gasteiger partial charge on any atom is 0.340 e. The molecule has 4 rings (SSSR count). The van der Waals surface area contributed by atoms with Gasteiger partial charge in [0.05, 0.1) is 23.6 Å². The molecule has 11 heteroatoms. The van der Waals surface area contributed by atoms with Gasteiger partial charge < -0.3 is 15.0 Å². The number of hydrogen-bond acceptors (Lipinski definition) is 9. The Morgan fingerprint density at radius 2 is 1.94 bits per heavy atom. The molecule has 1 aliphatic rings. The van der Waals surface area contributed by atoms with Gasteiger partial charge in [0.1, 0.15) is 4.70 Å². The lowest BCUT2D eigenvalue weighted by atomic mass is 10.2. The lowest BCUT2D eigenvalue weighted by Crippen LogP contribution is -2.23. The Kier molecular flexibility index (Phi) is 7.29. The molecule has 0 saturated carbocycles. The van der Waals surface area contributed by atoms with E-state index < -0.39 is 5.97 Å². The van der Waals surface area contributed by atoms with Crippen LogP contribution in [0, 0.1) is 0 Å². The zero-order valence-electron chi connectivity index (χ0n) is 18.5. The number of rotatable bonds is 8. The number of amides is 1. The van der Waals surface area contributed by atoms with E-state index in [9.17, 15) is 14.4 Å². The number of benzene rings is 1. The van der Waals surface area contributed by atoms with E-state index in [0.717, 1.165) is 31.1 Å². The van der Waals surface area contributed by atoms with Crippen molar-refractivity contribution in [2.24, 2.45) is 0 Å². The highest BCUT2D eigenvalue weighted by Gasteiger charge is 2.21. The molecule has 0 spiro atoms. The van der Waals surface area contributed by atoms with Crippen LogP contribution in [0.3, 0.4) is 0 Å². The van der Waals surface area contributed by atoms with E-state index in [1.54, 1.807) is 35.8 Å². The second-order valence-corrected chi connectivity index (χ2v) is 9.31. The molecule has 1 aromatic carbocycles. The number of thiazole rings is 1. The smallest absolute Gasteiger partial charge is 0.340 e. The Morgan fingerprint density at radius 1 is 1.18 bits per heavy atom. The van der Waals surface area contributed by atoms with Crippen LogP contribution >= 0.6 is 23.1 Å². The number of carbonyl (C=O) groups is 2. The third-order valence-electron chi connectivity index (χ3n) is 5.19. The molecular formula is C22H25N5O4S2. The van der Waals surface area contributed by atoms with Gasteiger partial charge in [-0.3, -0.25) is 14.2 Å². The second kappa shape index (κ2) is 10.3. The van der Waals surface area contributed by atoms with Gasteiger partial charge in [-0.05, 0) is 38.8 Å². The minimum Gasteiger partial charge on any atom is -0.462 e. The molecule has 0 atom stereocenters. The maximum absolute atomic E-state index is 13.0. The number of hydrogen-bond donors (Lipinski definition) is 1. The van der Waals surface area contributed by atoms with Crippen molar-refractivity contribution in [1.29, 1.82) is 0 Å². The largest absolute Gasteiger partial charge is 0.462 e. The summed E-state index contributed by atoms with van der Waals surface area (Å²) >= 11 is 2.55. The summed E-state index contributed by atoms with van der Waals surface area (Å²) in [7, 11) is 0. The number of ether oxygens (including phenoxy) is 1. The highest BCUT2D eigenvalue weighted by atomic mass is 32.2. The van der Waals surface area contributed by atoms with Crippen LogP contribution in [0.4, 0.5) is 10.8 Å². The van der Waals surface area contributed by atoms with Gasteiger partial charge in [-0.2, -0.15) is 4.98 Å². The molecule has 1 amide bonds. The number of nitrogens with one attached hydrogen (secondary N) is 1. The number of aromatic nitrogens is 3. The first-order chi connectivity index (χ1) is 16.0. The van der Waals surface area contributed by atoms with Crippen LogP contribution in [0.5, 0.6) is 0 Å². The van der Waals surface area contributed by atoms with Crippen LogP contribution in [0.25, 0.3) is 10.3 Å². The van der Waals surface area contributed by atoms with Crippen molar-refractivity contribution >= 4 is 56.1 Å². The van der Waals surface area contributed by atoms with Gasteiger partial charge in [0.2, 0.25) is 5.91 Å². The molecule has 9 nitrogen and oxygen atoms in total. The first-order valence-corrected chi connectivity index (χ1v) is 12.7. The first kappa shape index (κ1) is 23.2. The van der Waals surface area contributed by atoms with Gasteiger partial charge in [-0.15, -0.1) is 0 Å². The third-order valence-corrected chi connectivity index (χ3v) is 7.26. The van der Waals surface area contributed by atoms with Crippen LogP contribution in [0.1, 0.15) is 37.0 Å². The van der Waals surface area contributed by atoms with Crippen molar-refractivity contribution < 1.29 is 14.3 Å². The average molecular weight is 488 g/mol. The molecule has 2 aromatic heterocycles. The molecule has 1 aliphatic heterocycles. The molecule has 1 saturated heterocycles. The zero-order chi connectivity index (χ0) is 23.4. The number of fused-ring (bicyclic) bond motifs is 1. The summed E-state index contributed by atoms with van der Waals surface area (Å²) in [5, 5.41) is 4.03. The number of anilines is 2. The lowest BCUT2D eigenvalue weighted by Gasteiger charge is -2.11. The van der Waals surface area contributed by atoms with E-state index in [1.165, 1.54) is 23.1 Å². The Balaban J connectivity index is 1.51.